The molecule has 0 radical (unpaired) electrons. The Kier molecular flexibility index (Phi) is 3.69. The van der Waals surface area contributed by atoms with E-state index in [9.17, 15) is 0 Å². The summed E-state index contributed by atoms with van der Waals surface area (Å²) in [5.74, 6) is 0. The summed E-state index contributed by atoms with van der Waals surface area (Å²) in [5.41, 5.74) is 2.11. The first-order valence-corrected chi connectivity index (χ1v) is 5.59. The van der Waals surface area contributed by atoms with Crippen molar-refractivity contribution in [2.45, 2.75) is 38.5 Å². The van der Waals surface area contributed by atoms with Gasteiger partial charge in [0.05, 0.1) is 24.1 Å². The molecule has 1 saturated carbocycles. The van der Waals surface area contributed by atoms with E-state index in [1.54, 1.807) is 0 Å². The van der Waals surface area contributed by atoms with Crippen LogP contribution in [0.1, 0.15) is 30.7 Å². The molecule has 1 N–H and O–H groups in total. The van der Waals surface area contributed by atoms with Gasteiger partial charge < -0.3 is 10.1 Å². The van der Waals surface area contributed by atoms with Gasteiger partial charge in [0, 0.05) is 6.54 Å². The van der Waals surface area contributed by atoms with E-state index in [2.05, 4.69) is 10.3 Å². The third kappa shape index (κ3) is 3.01. The summed E-state index contributed by atoms with van der Waals surface area (Å²) in [6.07, 6.45) is 4.24. The molecule has 15 heavy (non-hydrogen) atoms. The maximum atomic E-state index is 5.71. The van der Waals surface area contributed by atoms with E-state index in [4.69, 9.17) is 4.74 Å². The monoisotopic (exact) mass is 206 g/mol. The predicted molar refractivity (Wildman–Crippen MR) is 59.4 cm³/mol. The van der Waals surface area contributed by atoms with Crippen molar-refractivity contribution in [3.8, 4) is 0 Å². The molecule has 1 fully saturated rings. The molecular formula is C12H18N2O. The van der Waals surface area contributed by atoms with E-state index in [0.29, 0.717) is 12.7 Å². The van der Waals surface area contributed by atoms with Gasteiger partial charge in [-0.25, -0.2) is 0 Å². The van der Waals surface area contributed by atoms with Gasteiger partial charge in [0.2, 0.25) is 0 Å². The molecule has 0 saturated heterocycles. The van der Waals surface area contributed by atoms with Gasteiger partial charge in [0.1, 0.15) is 0 Å². The Morgan fingerprint density at radius 1 is 1.40 bits per heavy atom. The first-order chi connectivity index (χ1) is 7.38. The van der Waals surface area contributed by atoms with Crippen molar-refractivity contribution >= 4 is 0 Å². The van der Waals surface area contributed by atoms with Crippen molar-refractivity contribution in [1.29, 1.82) is 0 Å². The normalized spacial score (nSPS) is 16.3. The van der Waals surface area contributed by atoms with Crippen molar-refractivity contribution in [2.75, 3.05) is 7.05 Å². The Morgan fingerprint density at radius 3 is 2.87 bits per heavy atom. The standard InChI is InChI=1S/C12H18N2O/c1-13-8-10-4-2-5-11(14-10)9-15-12-6-3-7-12/h2,4-5,12-13H,3,6-9H2,1H3. The molecule has 0 amide bonds. The average molecular weight is 206 g/mol. The number of rotatable bonds is 5. The van der Waals surface area contributed by atoms with Gasteiger partial charge in [-0.15, -0.1) is 0 Å². The molecule has 1 aliphatic rings. The Hall–Kier alpha value is -0.930. The molecule has 0 aliphatic heterocycles. The fourth-order valence-corrected chi connectivity index (χ4v) is 1.63. The van der Waals surface area contributed by atoms with Crippen LogP contribution in [-0.2, 0) is 17.9 Å². The highest BCUT2D eigenvalue weighted by Crippen LogP contribution is 2.22. The Labute approximate surface area is 90.9 Å². The summed E-state index contributed by atoms with van der Waals surface area (Å²) in [7, 11) is 1.93. The van der Waals surface area contributed by atoms with Crippen molar-refractivity contribution in [3.05, 3.63) is 29.6 Å². The van der Waals surface area contributed by atoms with Gasteiger partial charge in [0.25, 0.3) is 0 Å². The van der Waals surface area contributed by atoms with Crippen LogP contribution in [-0.4, -0.2) is 18.1 Å². The molecule has 2 rings (SSSR count). The Morgan fingerprint density at radius 2 is 2.20 bits per heavy atom. The van der Waals surface area contributed by atoms with Gasteiger partial charge >= 0.3 is 0 Å². The Bertz CT molecular complexity index is 310. The quantitative estimate of drug-likeness (QED) is 0.798. The average Bonchev–Trinajstić information content (AvgIpc) is 2.16. The molecular weight excluding hydrogens is 188 g/mol. The van der Waals surface area contributed by atoms with Crippen LogP contribution in [0.2, 0.25) is 0 Å². The molecule has 0 bridgehead atoms. The topological polar surface area (TPSA) is 34.1 Å². The molecule has 1 aromatic heterocycles. The molecule has 82 valence electrons. The summed E-state index contributed by atoms with van der Waals surface area (Å²) < 4.78 is 5.71. The molecule has 1 aliphatic carbocycles. The fraction of sp³-hybridized carbons (Fsp3) is 0.583. The van der Waals surface area contributed by atoms with E-state index in [-0.39, 0.29) is 0 Å². The van der Waals surface area contributed by atoms with E-state index in [0.717, 1.165) is 17.9 Å². The molecule has 0 aromatic carbocycles. The second-order valence-corrected chi connectivity index (χ2v) is 4.01. The second-order valence-electron chi connectivity index (χ2n) is 4.01. The summed E-state index contributed by atoms with van der Waals surface area (Å²) in [6, 6.07) is 6.10. The number of nitrogens with one attached hydrogen (secondary N) is 1. The predicted octanol–water partition coefficient (Wildman–Crippen LogP) is 1.87. The Balaban J connectivity index is 1.86. The van der Waals surface area contributed by atoms with E-state index >= 15 is 0 Å². The number of aromatic nitrogens is 1. The largest absolute Gasteiger partial charge is 0.372 e. The second kappa shape index (κ2) is 5.24. The zero-order valence-corrected chi connectivity index (χ0v) is 9.20. The first-order valence-electron chi connectivity index (χ1n) is 5.59. The smallest absolute Gasteiger partial charge is 0.0891 e. The minimum atomic E-state index is 0.486. The number of nitrogens with zero attached hydrogens (tertiary/aromatic N) is 1. The van der Waals surface area contributed by atoms with Crippen molar-refractivity contribution in [1.82, 2.24) is 10.3 Å². The van der Waals surface area contributed by atoms with Crippen LogP contribution in [0.25, 0.3) is 0 Å². The van der Waals surface area contributed by atoms with Crippen LogP contribution in [0.4, 0.5) is 0 Å². The summed E-state index contributed by atoms with van der Waals surface area (Å²) in [4.78, 5) is 4.51. The third-order valence-corrected chi connectivity index (χ3v) is 2.74. The van der Waals surface area contributed by atoms with Crippen molar-refractivity contribution in [3.63, 3.8) is 0 Å². The lowest BCUT2D eigenvalue weighted by Crippen LogP contribution is -2.21. The van der Waals surface area contributed by atoms with Crippen LogP contribution < -0.4 is 5.32 Å². The molecule has 0 unspecified atom stereocenters. The maximum Gasteiger partial charge on any atom is 0.0891 e. The van der Waals surface area contributed by atoms with Crippen LogP contribution in [0, 0.1) is 0 Å². The van der Waals surface area contributed by atoms with E-state index < -0.39 is 0 Å². The summed E-state index contributed by atoms with van der Waals surface area (Å²) in [6.45, 7) is 1.47. The van der Waals surface area contributed by atoms with Gasteiger partial charge in [-0.1, -0.05) is 6.07 Å². The summed E-state index contributed by atoms with van der Waals surface area (Å²) >= 11 is 0. The molecule has 3 heteroatoms. The highest BCUT2D eigenvalue weighted by atomic mass is 16.5. The van der Waals surface area contributed by atoms with Gasteiger partial charge in [0.15, 0.2) is 0 Å². The van der Waals surface area contributed by atoms with Gasteiger partial charge in [-0.2, -0.15) is 0 Å². The lowest BCUT2D eigenvalue weighted by atomic mass is 9.96. The SMILES string of the molecule is CNCc1cccc(COC2CCC2)n1. The van der Waals surface area contributed by atoms with E-state index in [1.165, 1.54) is 19.3 Å². The minimum Gasteiger partial charge on any atom is -0.372 e. The fourth-order valence-electron chi connectivity index (χ4n) is 1.63. The number of ether oxygens (including phenoxy) is 1. The summed E-state index contributed by atoms with van der Waals surface area (Å²) in [5, 5.41) is 3.10. The maximum absolute atomic E-state index is 5.71. The number of hydrogen-bond donors (Lipinski definition) is 1. The lowest BCUT2D eigenvalue weighted by Gasteiger charge is -2.25. The van der Waals surface area contributed by atoms with E-state index in [1.807, 2.05) is 25.2 Å². The number of pyridine rings is 1. The minimum absolute atomic E-state index is 0.486. The molecule has 1 aromatic rings. The van der Waals surface area contributed by atoms with Crippen LogP contribution in [0.3, 0.4) is 0 Å². The zero-order valence-electron chi connectivity index (χ0n) is 9.20. The molecule has 3 nitrogen and oxygen atoms in total. The van der Waals surface area contributed by atoms with Crippen LogP contribution in [0.15, 0.2) is 18.2 Å². The van der Waals surface area contributed by atoms with Gasteiger partial charge in [-0.3, -0.25) is 4.98 Å². The lowest BCUT2D eigenvalue weighted by molar-refractivity contribution is -0.0101. The highest BCUT2D eigenvalue weighted by Gasteiger charge is 2.17. The molecule has 0 atom stereocenters. The number of hydrogen-bond acceptors (Lipinski definition) is 3. The van der Waals surface area contributed by atoms with Crippen molar-refractivity contribution < 1.29 is 4.74 Å². The highest BCUT2D eigenvalue weighted by molar-refractivity contribution is 5.10. The molecule has 0 spiro atoms. The third-order valence-electron chi connectivity index (χ3n) is 2.74. The first kappa shape index (κ1) is 10.6. The van der Waals surface area contributed by atoms with Gasteiger partial charge in [-0.05, 0) is 38.4 Å². The van der Waals surface area contributed by atoms with Crippen LogP contribution in [0.5, 0.6) is 0 Å². The van der Waals surface area contributed by atoms with Crippen molar-refractivity contribution in [2.24, 2.45) is 0 Å². The van der Waals surface area contributed by atoms with Crippen LogP contribution >= 0.6 is 0 Å². The zero-order chi connectivity index (χ0) is 10.5. The molecule has 1 heterocycles.